The smallest absolute Gasteiger partial charge is 0.456 e. The van der Waals surface area contributed by atoms with Crippen LogP contribution in [0.25, 0.3) is 5.57 Å². The number of nitrogens with zero attached hydrogens (tertiary/aromatic N) is 3. The number of halogens is 2. The minimum Gasteiger partial charge on any atom is -0.456 e. The maximum absolute atomic E-state index is 14.6. The molecule has 1 saturated heterocycles. The second-order valence-corrected chi connectivity index (χ2v) is 9.42. The average molecular weight is 457 g/mol. The number of likely N-dealkylation sites (N-methyl/N-ethyl adjacent to an activating group) is 1. The van der Waals surface area contributed by atoms with Crippen molar-refractivity contribution in [1.29, 1.82) is 0 Å². The van der Waals surface area contributed by atoms with Crippen LogP contribution < -0.4 is 0 Å². The zero-order valence-electron chi connectivity index (χ0n) is 18.8. The summed E-state index contributed by atoms with van der Waals surface area (Å²) in [4.78, 5) is 34.2. The Balaban J connectivity index is 1.70. The molecule has 1 unspecified atom stereocenters. The van der Waals surface area contributed by atoms with Crippen molar-refractivity contribution < 1.29 is 37.1 Å². The Morgan fingerprint density at radius 2 is 1.97 bits per heavy atom. The van der Waals surface area contributed by atoms with Gasteiger partial charge < -0.3 is 13.9 Å². The molecule has 2 aliphatic rings. The highest BCUT2D eigenvalue weighted by atomic mass is 19.3. The normalized spacial score (nSPS) is 24.0. The first kappa shape index (κ1) is 24.3. The molecule has 1 amide bonds. The molecule has 1 aromatic heterocycles. The molecular weight excluding hydrogens is 428 g/mol. The molecular formula is C21H29F2N3O6. The second kappa shape index (κ2) is 8.87. The lowest BCUT2D eigenvalue weighted by atomic mass is 9.87. The first-order valence-corrected chi connectivity index (χ1v) is 10.3. The molecule has 3 rings (SSSR count). The number of hydrogen-bond donors (Lipinski definition) is 0. The predicted molar refractivity (Wildman–Crippen MR) is 108 cm³/mol. The van der Waals surface area contributed by atoms with E-state index in [9.17, 15) is 18.4 Å². The van der Waals surface area contributed by atoms with E-state index in [-0.39, 0.29) is 25.8 Å². The van der Waals surface area contributed by atoms with Crippen LogP contribution in [0.3, 0.4) is 0 Å². The third-order valence-electron chi connectivity index (χ3n) is 5.19. The zero-order valence-corrected chi connectivity index (χ0v) is 18.8. The molecule has 0 aliphatic carbocycles. The first-order valence-electron chi connectivity index (χ1n) is 10.3. The molecule has 1 aromatic rings. The van der Waals surface area contributed by atoms with E-state index >= 15 is 0 Å². The van der Waals surface area contributed by atoms with Crippen molar-refractivity contribution in [2.24, 2.45) is 0 Å². The van der Waals surface area contributed by atoms with E-state index in [2.05, 4.69) is 9.82 Å². The van der Waals surface area contributed by atoms with Gasteiger partial charge in [0.25, 0.3) is 0 Å². The van der Waals surface area contributed by atoms with Crippen molar-refractivity contribution in [3.63, 3.8) is 0 Å². The minimum absolute atomic E-state index is 0.107. The number of rotatable bonds is 7. The number of carbonyl (C=O) groups is 2. The van der Waals surface area contributed by atoms with Gasteiger partial charge in [-0.05, 0) is 40.8 Å². The van der Waals surface area contributed by atoms with E-state index < -0.39 is 35.4 Å². The van der Waals surface area contributed by atoms with Crippen molar-refractivity contribution in [1.82, 2.24) is 14.9 Å². The monoisotopic (exact) mass is 457 g/mol. The summed E-state index contributed by atoms with van der Waals surface area (Å²) in [6, 6.07) is -0.896. The van der Waals surface area contributed by atoms with E-state index in [1.165, 1.54) is 12.5 Å². The number of alkyl halides is 2. The summed E-state index contributed by atoms with van der Waals surface area (Å²) in [5.74, 6) is -1.55. The number of aromatic nitrogens is 1. The molecule has 0 radical (unpaired) electrons. The fourth-order valence-corrected chi connectivity index (χ4v) is 4.33. The van der Waals surface area contributed by atoms with E-state index in [0.717, 1.165) is 0 Å². The van der Waals surface area contributed by atoms with Crippen LogP contribution in [0.15, 0.2) is 23.0 Å². The molecule has 32 heavy (non-hydrogen) atoms. The number of oxazole rings is 1. The summed E-state index contributed by atoms with van der Waals surface area (Å²) < 4.78 is 45.5. The Bertz CT molecular complexity index is 840. The fourth-order valence-electron chi connectivity index (χ4n) is 4.33. The highest BCUT2D eigenvalue weighted by Gasteiger charge is 2.49. The van der Waals surface area contributed by atoms with Gasteiger partial charge in [0.05, 0.1) is 23.4 Å². The third kappa shape index (κ3) is 5.90. The number of carbonyl (C=O) groups excluding carboxylic acids is 2. The lowest BCUT2D eigenvalue weighted by Crippen LogP contribution is -2.52. The van der Waals surface area contributed by atoms with E-state index in [1.54, 1.807) is 45.7 Å². The summed E-state index contributed by atoms with van der Waals surface area (Å²) in [5, 5.41) is 0.414. The molecule has 178 valence electrons. The van der Waals surface area contributed by atoms with Crippen LogP contribution in [0.1, 0.15) is 46.4 Å². The van der Waals surface area contributed by atoms with E-state index in [4.69, 9.17) is 13.9 Å². The topological polar surface area (TPSA) is 94.3 Å². The zero-order chi connectivity index (χ0) is 23.7. The Kier molecular flexibility index (Phi) is 6.73. The Labute approximate surface area is 185 Å². The lowest BCUT2D eigenvalue weighted by molar-refractivity contribution is -0.337. The molecule has 1 atom stereocenters. The van der Waals surface area contributed by atoms with Gasteiger partial charge in [-0.15, -0.1) is 0 Å². The lowest BCUT2D eigenvalue weighted by Gasteiger charge is -2.44. The molecule has 9 nitrogen and oxygen atoms in total. The highest BCUT2D eigenvalue weighted by molar-refractivity contribution is 5.76. The maximum Gasteiger partial charge on any atom is 0.477 e. The van der Waals surface area contributed by atoms with Gasteiger partial charge in [-0.1, -0.05) is 0 Å². The van der Waals surface area contributed by atoms with Gasteiger partial charge in [0.15, 0.2) is 0 Å². The van der Waals surface area contributed by atoms with Crippen molar-refractivity contribution in [3.8, 4) is 0 Å². The number of esters is 1. The molecule has 2 aliphatic heterocycles. The highest BCUT2D eigenvalue weighted by Crippen LogP contribution is 2.37. The molecule has 0 spiro atoms. The molecule has 0 saturated carbocycles. The molecule has 0 bridgehead atoms. The summed E-state index contributed by atoms with van der Waals surface area (Å²) in [7, 11) is 1.74. The van der Waals surface area contributed by atoms with Gasteiger partial charge in [0.1, 0.15) is 12.4 Å². The average Bonchev–Trinajstić information content (AvgIpc) is 3.17. The fraction of sp³-hybridized carbons (Fsp3) is 0.667. The number of hydroxylamine groups is 2. The molecule has 3 heterocycles. The van der Waals surface area contributed by atoms with Gasteiger partial charge in [0, 0.05) is 31.5 Å². The second-order valence-electron chi connectivity index (χ2n) is 9.42. The summed E-state index contributed by atoms with van der Waals surface area (Å²) >= 11 is 0. The van der Waals surface area contributed by atoms with Crippen LogP contribution >= 0.6 is 0 Å². The largest absolute Gasteiger partial charge is 0.477 e. The predicted octanol–water partition coefficient (Wildman–Crippen LogP) is 2.63. The Morgan fingerprint density at radius 1 is 1.31 bits per heavy atom. The van der Waals surface area contributed by atoms with Gasteiger partial charge in [-0.25, -0.2) is 14.8 Å². The number of amides is 1. The molecule has 0 aromatic carbocycles. The van der Waals surface area contributed by atoms with Crippen LogP contribution in [-0.2, 0) is 23.9 Å². The molecule has 1 fully saturated rings. The Hall–Kier alpha value is -2.37. The van der Waals surface area contributed by atoms with Gasteiger partial charge in [-0.3, -0.25) is 9.69 Å². The third-order valence-corrected chi connectivity index (χ3v) is 5.19. The quantitative estimate of drug-likeness (QED) is 0.350. The summed E-state index contributed by atoms with van der Waals surface area (Å²) in [6.07, 6.45) is -0.136. The summed E-state index contributed by atoms with van der Waals surface area (Å²) in [6.45, 7) is 7.85. The maximum atomic E-state index is 14.6. The SMILES string of the molecule is CN1CC(c2ncco2)=CC(N(C=O)OC(F)(F)C(=O)OC2CC(C)(C)OC(C)(C)C2)C1. The van der Waals surface area contributed by atoms with Crippen molar-refractivity contribution in [3.05, 3.63) is 24.4 Å². The molecule has 11 heteroatoms. The van der Waals surface area contributed by atoms with Crippen molar-refractivity contribution in [2.45, 2.75) is 70.0 Å². The van der Waals surface area contributed by atoms with Crippen LogP contribution in [0.4, 0.5) is 8.78 Å². The van der Waals surface area contributed by atoms with Crippen LogP contribution in [0.5, 0.6) is 0 Å². The molecule has 0 N–H and O–H groups in total. The number of ether oxygens (including phenoxy) is 2. The van der Waals surface area contributed by atoms with Crippen LogP contribution in [0.2, 0.25) is 0 Å². The van der Waals surface area contributed by atoms with Crippen LogP contribution in [0, 0.1) is 0 Å². The first-order chi connectivity index (χ1) is 14.8. The number of hydrogen-bond acceptors (Lipinski definition) is 8. The minimum atomic E-state index is -4.36. The standard InChI is InChI=1S/C21H29F2N3O6/c1-19(2)9-16(10-20(3,4)31-19)30-18(28)21(22,23)32-26(13-27)15-8-14(11-25(5)12-15)17-24-6-7-29-17/h6-8,13,15-16H,9-12H2,1-5H3. The van der Waals surface area contributed by atoms with Gasteiger partial charge in [-0.2, -0.15) is 13.6 Å². The van der Waals surface area contributed by atoms with Crippen LogP contribution in [-0.4, -0.2) is 76.9 Å². The van der Waals surface area contributed by atoms with Crippen molar-refractivity contribution >= 4 is 18.0 Å². The van der Waals surface area contributed by atoms with Gasteiger partial charge >= 0.3 is 12.1 Å². The van der Waals surface area contributed by atoms with Crippen molar-refractivity contribution in [2.75, 3.05) is 20.1 Å². The van der Waals surface area contributed by atoms with E-state index in [1.807, 2.05) is 0 Å². The van der Waals surface area contributed by atoms with E-state index in [0.29, 0.717) is 23.1 Å². The Morgan fingerprint density at radius 3 is 2.53 bits per heavy atom. The van der Waals surface area contributed by atoms with Gasteiger partial charge in [0.2, 0.25) is 12.3 Å². The summed E-state index contributed by atoms with van der Waals surface area (Å²) in [5.41, 5.74) is -0.696.